The van der Waals surface area contributed by atoms with Gasteiger partial charge < -0.3 is 9.88 Å². The lowest BCUT2D eigenvalue weighted by Gasteiger charge is -2.13. The van der Waals surface area contributed by atoms with E-state index < -0.39 is 11.3 Å². The Morgan fingerprint density at radius 1 is 1.39 bits per heavy atom. The summed E-state index contributed by atoms with van der Waals surface area (Å²) in [5, 5.41) is 12.5. The standard InChI is InChI=1S/C10H17N5O2S/c1-6(2)15-5-12-14-10(15)18-7(3)8(16)13-9(17)11-4/h5-7H,1-4H3,(H2,11,13,16,17)/t7-/m1/s1. The molecule has 100 valence electrons. The first-order valence-corrected chi connectivity index (χ1v) is 6.42. The largest absolute Gasteiger partial charge is 0.341 e. The molecule has 0 unspecified atom stereocenters. The van der Waals surface area contributed by atoms with Gasteiger partial charge in [0.25, 0.3) is 0 Å². The van der Waals surface area contributed by atoms with Gasteiger partial charge in [-0.05, 0) is 20.8 Å². The third-order valence-electron chi connectivity index (χ3n) is 2.21. The number of carbonyl (C=O) groups excluding carboxylic acids is 2. The molecular weight excluding hydrogens is 254 g/mol. The zero-order chi connectivity index (χ0) is 13.7. The van der Waals surface area contributed by atoms with E-state index in [0.29, 0.717) is 5.16 Å². The van der Waals surface area contributed by atoms with Gasteiger partial charge >= 0.3 is 6.03 Å². The molecule has 7 nitrogen and oxygen atoms in total. The fourth-order valence-electron chi connectivity index (χ4n) is 1.16. The van der Waals surface area contributed by atoms with Crippen LogP contribution in [0.1, 0.15) is 26.8 Å². The molecule has 3 amide bonds. The second-order valence-electron chi connectivity index (χ2n) is 3.94. The molecule has 18 heavy (non-hydrogen) atoms. The number of hydrogen-bond acceptors (Lipinski definition) is 5. The second-order valence-corrected chi connectivity index (χ2v) is 5.25. The van der Waals surface area contributed by atoms with E-state index in [2.05, 4.69) is 20.8 Å². The first kappa shape index (κ1) is 14.5. The predicted molar refractivity (Wildman–Crippen MR) is 68.3 cm³/mol. The molecule has 1 aromatic rings. The van der Waals surface area contributed by atoms with Gasteiger partial charge in [-0.2, -0.15) is 0 Å². The summed E-state index contributed by atoms with van der Waals surface area (Å²) in [7, 11) is 1.45. The van der Waals surface area contributed by atoms with Crippen LogP contribution in [0, 0.1) is 0 Å². The van der Waals surface area contributed by atoms with Crippen molar-refractivity contribution in [3.8, 4) is 0 Å². The lowest BCUT2D eigenvalue weighted by atomic mass is 10.4. The highest BCUT2D eigenvalue weighted by molar-refractivity contribution is 8.00. The van der Waals surface area contributed by atoms with Crippen molar-refractivity contribution in [1.82, 2.24) is 25.4 Å². The van der Waals surface area contributed by atoms with Crippen LogP contribution >= 0.6 is 11.8 Å². The Morgan fingerprint density at radius 2 is 2.06 bits per heavy atom. The van der Waals surface area contributed by atoms with Crippen LogP contribution in [0.3, 0.4) is 0 Å². The molecule has 1 rings (SSSR count). The average Bonchev–Trinajstić information content (AvgIpc) is 2.76. The van der Waals surface area contributed by atoms with Crippen LogP contribution in [0.4, 0.5) is 4.79 Å². The number of amides is 3. The van der Waals surface area contributed by atoms with Crippen LogP contribution in [0.5, 0.6) is 0 Å². The fraction of sp³-hybridized carbons (Fsp3) is 0.600. The summed E-state index contributed by atoms with van der Waals surface area (Å²) in [6.07, 6.45) is 1.62. The van der Waals surface area contributed by atoms with Crippen LogP contribution in [0.25, 0.3) is 0 Å². The van der Waals surface area contributed by atoms with Gasteiger partial charge in [-0.15, -0.1) is 10.2 Å². The smallest absolute Gasteiger partial charge is 0.321 e. The molecule has 0 saturated heterocycles. The molecule has 0 radical (unpaired) electrons. The maximum Gasteiger partial charge on any atom is 0.321 e. The van der Waals surface area contributed by atoms with Crippen LogP contribution in [0.15, 0.2) is 11.5 Å². The van der Waals surface area contributed by atoms with Gasteiger partial charge in [-0.1, -0.05) is 11.8 Å². The minimum Gasteiger partial charge on any atom is -0.341 e. The number of rotatable bonds is 4. The monoisotopic (exact) mass is 271 g/mol. The predicted octanol–water partition coefficient (Wildman–Crippen LogP) is 0.795. The topological polar surface area (TPSA) is 88.9 Å². The summed E-state index contributed by atoms with van der Waals surface area (Å²) in [6, 6.07) is -0.297. The van der Waals surface area contributed by atoms with Crippen molar-refractivity contribution >= 4 is 23.7 Å². The van der Waals surface area contributed by atoms with Gasteiger partial charge in [0, 0.05) is 13.1 Å². The van der Waals surface area contributed by atoms with Crippen molar-refractivity contribution in [3.63, 3.8) is 0 Å². The lowest BCUT2D eigenvalue weighted by molar-refractivity contribution is -0.119. The van der Waals surface area contributed by atoms with Crippen molar-refractivity contribution in [1.29, 1.82) is 0 Å². The number of thioether (sulfide) groups is 1. The number of imide groups is 1. The Morgan fingerprint density at radius 3 is 2.61 bits per heavy atom. The number of carbonyl (C=O) groups is 2. The van der Waals surface area contributed by atoms with Crippen LogP contribution < -0.4 is 10.6 Å². The van der Waals surface area contributed by atoms with E-state index in [1.165, 1.54) is 18.8 Å². The van der Waals surface area contributed by atoms with Gasteiger partial charge in [-0.25, -0.2) is 4.79 Å². The Hall–Kier alpha value is -1.57. The van der Waals surface area contributed by atoms with Gasteiger partial charge in [0.05, 0.1) is 5.25 Å². The van der Waals surface area contributed by atoms with E-state index in [1.54, 1.807) is 13.3 Å². The summed E-state index contributed by atoms with van der Waals surface area (Å²) >= 11 is 1.26. The molecule has 8 heteroatoms. The van der Waals surface area contributed by atoms with Gasteiger partial charge in [0.1, 0.15) is 6.33 Å². The molecule has 0 aliphatic carbocycles. The molecular formula is C10H17N5O2S. The summed E-state index contributed by atoms with van der Waals surface area (Å²) in [5.74, 6) is -0.363. The number of nitrogens with one attached hydrogen (secondary N) is 2. The van der Waals surface area contributed by atoms with Crippen molar-refractivity contribution in [2.75, 3.05) is 7.05 Å². The van der Waals surface area contributed by atoms with E-state index in [0.717, 1.165) is 0 Å². The zero-order valence-electron chi connectivity index (χ0n) is 10.8. The Balaban J connectivity index is 2.64. The molecule has 0 aromatic carbocycles. The highest BCUT2D eigenvalue weighted by Gasteiger charge is 2.19. The third kappa shape index (κ3) is 3.73. The second kappa shape index (κ2) is 6.39. The molecule has 1 atom stereocenters. The number of nitrogens with zero attached hydrogens (tertiary/aromatic N) is 3. The first-order chi connectivity index (χ1) is 8.45. The molecule has 1 aromatic heterocycles. The number of urea groups is 1. The summed E-state index contributed by atoms with van der Waals surface area (Å²) in [6.45, 7) is 5.72. The molecule has 2 N–H and O–H groups in total. The van der Waals surface area contributed by atoms with Crippen LogP contribution in [-0.4, -0.2) is 39.0 Å². The third-order valence-corrected chi connectivity index (χ3v) is 3.28. The summed E-state index contributed by atoms with van der Waals surface area (Å²) < 4.78 is 1.87. The van der Waals surface area contributed by atoms with Gasteiger partial charge in [0.15, 0.2) is 5.16 Å². The quantitative estimate of drug-likeness (QED) is 0.791. The molecule has 0 spiro atoms. The Bertz CT molecular complexity index is 432. The van der Waals surface area contributed by atoms with Crippen molar-refractivity contribution in [2.45, 2.75) is 37.2 Å². The Labute approximate surface area is 110 Å². The first-order valence-electron chi connectivity index (χ1n) is 5.54. The fourth-order valence-corrected chi connectivity index (χ4v) is 2.11. The number of hydrogen-bond donors (Lipinski definition) is 2. The highest BCUT2D eigenvalue weighted by Crippen LogP contribution is 2.23. The highest BCUT2D eigenvalue weighted by atomic mass is 32.2. The molecule has 0 aliphatic rings. The van der Waals surface area contributed by atoms with Crippen molar-refractivity contribution < 1.29 is 9.59 Å². The maximum absolute atomic E-state index is 11.7. The summed E-state index contributed by atoms with van der Waals surface area (Å²) in [5.41, 5.74) is 0. The zero-order valence-corrected chi connectivity index (χ0v) is 11.6. The normalized spacial score (nSPS) is 12.3. The summed E-state index contributed by atoms with van der Waals surface area (Å²) in [4.78, 5) is 22.7. The molecule has 0 saturated carbocycles. The van der Waals surface area contributed by atoms with E-state index in [1.807, 2.05) is 18.4 Å². The van der Waals surface area contributed by atoms with E-state index in [-0.39, 0.29) is 11.9 Å². The molecule has 1 heterocycles. The van der Waals surface area contributed by atoms with Crippen molar-refractivity contribution in [3.05, 3.63) is 6.33 Å². The maximum atomic E-state index is 11.7. The van der Waals surface area contributed by atoms with E-state index in [9.17, 15) is 9.59 Å². The van der Waals surface area contributed by atoms with E-state index >= 15 is 0 Å². The van der Waals surface area contributed by atoms with Gasteiger partial charge in [0.2, 0.25) is 5.91 Å². The minimum atomic E-state index is -0.516. The molecule has 0 bridgehead atoms. The Kier molecular flexibility index (Phi) is 5.14. The molecule has 0 aliphatic heterocycles. The molecule has 0 fully saturated rings. The average molecular weight is 271 g/mol. The SMILES string of the molecule is CNC(=O)NC(=O)[C@@H](C)Sc1nncn1C(C)C. The van der Waals surface area contributed by atoms with Crippen LogP contribution in [0.2, 0.25) is 0 Å². The number of aromatic nitrogens is 3. The minimum absolute atomic E-state index is 0.219. The van der Waals surface area contributed by atoms with E-state index in [4.69, 9.17) is 0 Å². The lowest BCUT2D eigenvalue weighted by Crippen LogP contribution is -2.41. The van der Waals surface area contributed by atoms with Gasteiger partial charge in [-0.3, -0.25) is 10.1 Å². The van der Waals surface area contributed by atoms with Crippen molar-refractivity contribution in [2.24, 2.45) is 0 Å². The van der Waals surface area contributed by atoms with Crippen LogP contribution in [-0.2, 0) is 4.79 Å².